The second-order valence-electron chi connectivity index (χ2n) is 4.48. The van der Waals surface area contributed by atoms with Gasteiger partial charge in [0.25, 0.3) is 0 Å². The Morgan fingerprint density at radius 1 is 1.47 bits per heavy atom. The largest absolute Gasteiger partial charge is 0.481 e. The molecular weight excluding hydrogens is 188 g/mol. The molecule has 0 bridgehead atoms. The van der Waals surface area contributed by atoms with Crippen molar-refractivity contribution in [2.24, 2.45) is 5.73 Å². The SMILES string of the molecule is COc1cc(C2(C(C)N)CC2)cc(C)n1. The summed E-state index contributed by atoms with van der Waals surface area (Å²) in [5.41, 5.74) is 8.50. The molecule has 15 heavy (non-hydrogen) atoms. The van der Waals surface area contributed by atoms with Gasteiger partial charge in [0.15, 0.2) is 0 Å². The maximum Gasteiger partial charge on any atom is 0.213 e. The van der Waals surface area contributed by atoms with Gasteiger partial charge in [-0.15, -0.1) is 0 Å². The minimum Gasteiger partial charge on any atom is -0.481 e. The van der Waals surface area contributed by atoms with Gasteiger partial charge in [-0.2, -0.15) is 0 Å². The number of nitrogens with two attached hydrogens (primary N) is 1. The molecule has 3 nitrogen and oxygen atoms in total. The molecule has 1 aromatic rings. The van der Waals surface area contributed by atoms with E-state index in [9.17, 15) is 0 Å². The summed E-state index contributed by atoms with van der Waals surface area (Å²) >= 11 is 0. The monoisotopic (exact) mass is 206 g/mol. The van der Waals surface area contributed by atoms with Crippen LogP contribution in [0.2, 0.25) is 0 Å². The van der Waals surface area contributed by atoms with Gasteiger partial charge in [-0.05, 0) is 38.3 Å². The van der Waals surface area contributed by atoms with Gasteiger partial charge >= 0.3 is 0 Å². The summed E-state index contributed by atoms with van der Waals surface area (Å²) in [6.07, 6.45) is 2.36. The summed E-state index contributed by atoms with van der Waals surface area (Å²) in [5.74, 6) is 0.692. The Hall–Kier alpha value is -1.09. The van der Waals surface area contributed by atoms with E-state index in [4.69, 9.17) is 10.5 Å². The molecule has 2 N–H and O–H groups in total. The normalized spacial score (nSPS) is 19.7. The minimum atomic E-state index is 0.182. The van der Waals surface area contributed by atoms with Crippen LogP contribution in [0.25, 0.3) is 0 Å². The predicted octanol–water partition coefficient (Wildman–Crippen LogP) is 1.78. The molecule has 3 heteroatoms. The smallest absolute Gasteiger partial charge is 0.213 e. The second-order valence-corrected chi connectivity index (χ2v) is 4.48. The van der Waals surface area contributed by atoms with Gasteiger partial charge in [0.05, 0.1) is 7.11 Å². The highest BCUT2D eigenvalue weighted by atomic mass is 16.5. The Balaban J connectivity index is 2.40. The molecule has 1 aromatic heterocycles. The molecule has 1 heterocycles. The number of hydrogen-bond donors (Lipinski definition) is 1. The third kappa shape index (κ3) is 1.72. The summed E-state index contributed by atoms with van der Waals surface area (Å²) in [7, 11) is 1.65. The first-order valence-corrected chi connectivity index (χ1v) is 5.37. The molecule has 2 rings (SSSR count). The van der Waals surface area contributed by atoms with Crippen molar-refractivity contribution in [3.8, 4) is 5.88 Å². The molecule has 1 saturated carbocycles. The van der Waals surface area contributed by atoms with E-state index in [1.807, 2.05) is 13.0 Å². The van der Waals surface area contributed by atoms with Crippen molar-refractivity contribution in [3.63, 3.8) is 0 Å². The average Bonchev–Trinajstić information content (AvgIpc) is 2.97. The molecule has 0 radical (unpaired) electrons. The lowest BCUT2D eigenvalue weighted by Crippen LogP contribution is -2.31. The second kappa shape index (κ2) is 3.49. The molecule has 82 valence electrons. The average molecular weight is 206 g/mol. The number of ether oxygens (including phenoxy) is 1. The van der Waals surface area contributed by atoms with Gasteiger partial charge in [-0.25, -0.2) is 4.98 Å². The van der Waals surface area contributed by atoms with Crippen molar-refractivity contribution < 1.29 is 4.74 Å². The van der Waals surface area contributed by atoms with Crippen LogP contribution in [0.5, 0.6) is 5.88 Å². The van der Waals surface area contributed by atoms with E-state index in [1.165, 1.54) is 18.4 Å². The van der Waals surface area contributed by atoms with E-state index < -0.39 is 0 Å². The predicted molar refractivity (Wildman–Crippen MR) is 60.1 cm³/mol. The fourth-order valence-corrected chi connectivity index (χ4v) is 2.17. The van der Waals surface area contributed by atoms with Crippen molar-refractivity contribution in [1.82, 2.24) is 4.98 Å². The van der Waals surface area contributed by atoms with Crippen molar-refractivity contribution in [3.05, 3.63) is 23.4 Å². The van der Waals surface area contributed by atoms with E-state index in [0.717, 1.165) is 5.69 Å². The number of hydrogen-bond acceptors (Lipinski definition) is 3. The molecule has 0 aliphatic heterocycles. The van der Waals surface area contributed by atoms with Crippen LogP contribution >= 0.6 is 0 Å². The van der Waals surface area contributed by atoms with Crippen LogP contribution in [0.15, 0.2) is 12.1 Å². The topological polar surface area (TPSA) is 48.1 Å². The van der Waals surface area contributed by atoms with E-state index in [-0.39, 0.29) is 11.5 Å². The van der Waals surface area contributed by atoms with Crippen LogP contribution in [0, 0.1) is 6.92 Å². The number of aryl methyl sites for hydroxylation is 1. The number of aromatic nitrogens is 1. The van der Waals surface area contributed by atoms with Crippen LogP contribution in [-0.4, -0.2) is 18.1 Å². The standard InChI is InChI=1S/C12H18N2O/c1-8-6-10(7-11(14-8)15-3)12(4-5-12)9(2)13/h6-7,9H,4-5,13H2,1-3H3. The fraction of sp³-hybridized carbons (Fsp3) is 0.583. The Labute approximate surface area is 90.7 Å². The molecule has 0 amide bonds. The molecule has 1 aliphatic rings. The number of pyridine rings is 1. The quantitative estimate of drug-likeness (QED) is 0.820. The van der Waals surface area contributed by atoms with Gasteiger partial charge in [-0.1, -0.05) is 0 Å². The van der Waals surface area contributed by atoms with Crippen LogP contribution in [-0.2, 0) is 5.41 Å². The van der Waals surface area contributed by atoms with Crippen molar-refractivity contribution in [1.29, 1.82) is 0 Å². The summed E-state index contributed by atoms with van der Waals surface area (Å²) in [6, 6.07) is 4.34. The van der Waals surface area contributed by atoms with Gasteiger partial charge < -0.3 is 10.5 Å². The van der Waals surface area contributed by atoms with Crippen LogP contribution in [0.4, 0.5) is 0 Å². The molecule has 1 unspecified atom stereocenters. The Kier molecular flexibility index (Phi) is 2.43. The summed E-state index contributed by atoms with van der Waals surface area (Å²) in [6.45, 7) is 4.07. The van der Waals surface area contributed by atoms with E-state index in [0.29, 0.717) is 5.88 Å². The summed E-state index contributed by atoms with van der Waals surface area (Å²) in [5, 5.41) is 0. The third-order valence-corrected chi connectivity index (χ3v) is 3.37. The molecule has 1 atom stereocenters. The van der Waals surface area contributed by atoms with Crippen LogP contribution in [0.3, 0.4) is 0 Å². The number of nitrogens with zero attached hydrogens (tertiary/aromatic N) is 1. The van der Waals surface area contributed by atoms with Crippen LogP contribution in [0.1, 0.15) is 31.0 Å². The Morgan fingerprint density at radius 3 is 2.60 bits per heavy atom. The highest BCUT2D eigenvalue weighted by molar-refractivity contribution is 5.37. The summed E-state index contributed by atoms with van der Waals surface area (Å²) in [4.78, 5) is 4.29. The van der Waals surface area contributed by atoms with E-state index >= 15 is 0 Å². The maximum absolute atomic E-state index is 6.05. The number of methoxy groups -OCH3 is 1. The lowest BCUT2D eigenvalue weighted by Gasteiger charge is -2.20. The highest BCUT2D eigenvalue weighted by Gasteiger charge is 2.47. The molecular formula is C12H18N2O. The van der Waals surface area contributed by atoms with Crippen molar-refractivity contribution in [2.75, 3.05) is 7.11 Å². The highest BCUT2D eigenvalue weighted by Crippen LogP contribution is 2.50. The lowest BCUT2D eigenvalue weighted by atomic mass is 9.90. The zero-order valence-corrected chi connectivity index (χ0v) is 9.58. The first-order valence-electron chi connectivity index (χ1n) is 5.37. The zero-order chi connectivity index (χ0) is 11.1. The maximum atomic E-state index is 6.05. The Bertz CT molecular complexity index is 370. The van der Waals surface area contributed by atoms with Gasteiger partial charge in [0, 0.05) is 23.2 Å². The summed E-state index contributed by atoms with van der Waals surface area (Å²) < 4.78 is 5.19. The lowest BCUT2D eigenvalue weighted by molar-refractivity contribution is 0.394. The fourth-order valence-electron chi connectivity index (χ4n) is 2.17. The van der Waals surface area contributed by atoms with Crippen molar-refractivity contribution >= 4 is 0 Å². The minimum absolute atomic E-state index is 0.182. The molecule has 1 fully saturated rings. The van der Waals surface area contributed by atoms with Gasteiger partial charge in [0.1, 0.15) is 0 Å². The Morgan fingerprint density at radius 2 is 2.13 bits per heavy atom. The molecule has 1 aliphatic carbocycles. The first kappa shape index (κ1) is 10.4. The van der Waals surface area contributed by atoms with E-state index in [1.54, 1.807) is 7.11 Å². The molecule has 0 saturated heterocycles. The van der Waals surface area contributed by atoms with Gasteiger partial charge in [0.2, 0.25) is 5.88 Å². The van der Waals surface area contributed by atoms with Crippen LogP contribution < -0.4 is 10.5 Å². The third-order valence-electron chi connectivity index (χ3n) is 3.37. The number of rotatable bonds is 3. The zero-order valence-electron chi connectivity index (χ0n) is 9.58. The molecule has 0 aromatic carbocycles. The first-order chi connectivity index (χ1) is 7.08. The van der Waals surface area contributed by atoms with Gasteiger partial charge in [-0.3, -0.25) is 0 Å². The molecule has 0 spiro atoms. The van der Waals surface area contributed by atoms with E-state index in [2.05, 4.69) is 18.0 Å². The van der Waals surface area contributed by atoms with Crippen molar-refractivity contribution in [2.45, 2.75) is 38.1 Å².